The summed E-state index contributed by atoms with van der Waals surface area (Å²) in [7, 11) is 0. The molecular formula is C19H23N3O. The second-order valence-corrected chi connectivity index (χ2v) is 5.98. The highest BCUT2D eigenvalue weighted by Crippen LogP contribution is 2.12. The van der Waals surface area contributed by atoms with Gasteiger partial charge in [-0.15, -0.1) is 0 Å². The number of carbonyl (C=O) groups is 1. The van der Waals surface area contributed by atoms with Gasteiger partial charge in [-0.1, -0.05) is 25.1 Å². The Bertz CT molecular complexity index is 631. The molecule has 2 aromatic rings. The average molecular weight is 309 g/mol. The topological polar surface area (TPSA) is 36.4 Å². The van der Waals surface area contributed by atoms with Gasteiger partial charge in [0.1, 0.15) is 0 Å². The van der Waals surface area contributed by atoms with Crippen LogP contribution in [0.3, 0.4) is 0 Å². The van der Waals surface area contributed by atoms with Gasteiger partial charge in [-0.05, 0) is 35.7 Å². The van der Waals surface area contributed by atoms with E-state index < -0.39 is 0 Å². The fourth-order valence-electron chi connectivity index (χ4n) is 2.92. The third-order valence-electron chi connectivity index (χ3n) is 4.40. The minimum absolute atomic E-state index is 0.147. The van der Waals surface area contributed by atoms with Crippen LogP contribution in [-0.4, -0.2) is 46.9 Å². The highest BCUT2D eigenvalue weighted by atomic mass is 16.2. The Labute approximate surface area is 137 Å². The molecule has 23 heavy (non-hydrogen) atoms. The van der Waals surface area contributed by atoms with E-state index in [2.05, 4.69) is 22.9 Å². The number of benzene rings is 1. The summed E-state index contributed by atoms with van der Waals surface area (Å²) in [5.74, 6) is 0.147. The van der Waals surface area contributed by atoms with Gasteiger partial charge < -0.3 is 4.90 Å². The molecule has 4 nitrogen and oxygen atoms in total. The molecule has 1 aliphatic heterocycles. The third kappa shape index (κ3) is 3.96. The average Bonchev–Trinajstić information content (AvgIpc) is 2.63. The quantitative estimate of drug-likeness (QED) is 0.871. The zero-order chi connectivity index (χ0) is 16.1. The number of carbonyl (C=O) groups excluding carboxylic acids is 1. The van der Waals surface area contributed by atoms with Crippen LogP contribution in [0.1, 0.15) is 28.4 Å². The van der Waals surface area contributed by atoms with Gasteiger partial charge in [0.05, 0.1) is 0 Å². The first-order valence-electron chi connectivity index (χ1n) is 8.25. The molecule has 0 unspecified atom stereocenters. The largest absolute Gasteiger partial charge is 0.336 e. The number of aryl methyl sites for hydroxylation is 1. The molecule has 1 aliphatic rings. The van der Waals surface area contributed by atoms with E-state index in [1.54, 1.807) is 6.20 Å². The SMILES string of the molecule is CCc1ccc(C(=O)N2CCN(Cc3cccnc3)CC2)cc1. The van der Waals surface area contributed by atoms with Gasteiger partial charge in [0.15, 0.2) is 0 Å². The molecule has 1 fully saturated rings. The smallest absolute Gasteiger partial charge is 0.253 e. The third-order valence-corrected chi connectivity index (χ3v) is 4.40. The fourth-order valence-corrected chi connectivity index (χ4v) is 2.92. The standard InChI is InChI=1S/C19H23N3O/c1-2-16-5-7-18(8-6-16)19(23)22-12-10-21(11-13-22)15-17-4-3-9-20-14-17/h3-9,14H,2,10-13,15H2,1H3. The summed E-state index contributed by atoms with van der Waals surface area (Å²) in [6.45, 7) is 6.42. The zero-order valence-electron chi connectivity index (χ0n) is 13.6. The Kier molecular flexibility index (Phi) is 5.03. The molecule has 4 heteroatoms. The Morgan fingerprint density at radius 2 is 1.78 bits per heavy atom. The van der Waals surface area contributed by atoms with Gasteiger partial charge in [0.2, 0.25) is 0 Å². The van der Waals surface area contributed by atoms with Crippen LogP contribution < -0.4 is 0 Å². The van der Waals surface area contributed by atoms with Crippen molar-refractivity contribution >= 4 is 5.91 Å². The van der Waals surface area contributed by atoms with Gasteiger partial charge in [-0.25, -0.2) is 0 Å². The molecule has 3 rings (SSSR count). The molecule has 0 saturated carbocycles. The molecule has 1 saturated heterocycles. The van der Waals surface area contributed by atoms with Crippen molar-refractivity contribution in [2.75, 3.05) is 26.2 Å². The summed E-state index contributed by atoms with van der Waals surface area (Å²) in [4.78, 5) is 21.1. The highest BCUT2D eigenvalue weighted by Gasteiger charge is 2.22. The van der Waals surface area contributed by atoms with E-state index in [9.17, 15) is 4.79 Å². The number of piperazine rings is 1. The van der Waals surface area contributed by atoms with Crippen molar-refractivity contribution in [2.24, 2.45) is 0 Å². The molecule has 1 aromatic carbocycles. The number of hydrogen-bond acceptors (Lipinski definition) is 3. The van der Waals surface area contributed by atoms with Crippen molar-refractivity contribution in [2.45, 2.75) is 19.9 Å². The molecule has 0 radical (unpaired) electrons. The van der Waals surface area contributed by atoms with Gasteiger partial charge in [0.25, 0.3) is 5.91 Å². The van der Waals surface area contributed by atoms with Gasteiger partial charge in [0, 0.05) is 50.7 Å². The summed E-state index contributed by atoms with van der Waals surface area (Å²) in [5.41, 5.74) is 3.29. The van der Waals surface area contributed by atoms with Gasteiger partial charge in [-0.2, -0.15) is 0 Å². The number of nitrogens with zero attached hydrogens (tertiary/aromatic N) is 3. The first kappa shape index (κ1) is 15.7. The molecule has 1 amide bonds. The molecule has 2 heterocycles. The molecule has 0 N–H and O–H groups in total. The minimum atomic E-state index is 0.147. The van der Waals surface area contributed by atoms with Crippen molar-refractivity contribution in [3.05, 3.63) is 65.5 Å². The number of pyridine rings is 1. The molecule has 0 spiro atoms. The molecule has 1 aromatic heterocycles. The van der Waals surface area contributed by atoms with Gasteiger partial charge >= 0.3 is 0 Å². The second-order valence-electron chi connectivity index (χ2n) is 5.98. The van der Waals surface area contributed by atoms with Crippen LogP contribution >= 0.6 is 0 Å². The first-order valence-corrected chi connectivity index (χ1v) is 8.25. The predicted molar refractivity (Wildman–Crippen MR) is 91.2 cm³/mol. The fraction of sp³-hybridized carbons (Fsp3) is 0.368. The van der Waals surface area contributed by atoms with E-state index in [0.717, 1.165) is 44.7 Å². The molecule has 0 aliphatic carbocycles. The number of amides is 1. The van der Waals surface area contributed by atoms with E-state index in [0.29, 0.717) is 0 Å². The Morgan fingerprint density at radius 3 is 2.39 bits per heavy atom. The lowest BCUT2D eigenvalue weighted by Gasteiger charge is -2.34. The van der Waals surface area contributed by atoms with Crippen molar-refractivity contribution in [1.82, 2.24) is 14.8 Å². The lowest BCUT2D eigenvalue weighted by atomic mass is 10.1. The minimum Gasteiger partial charge on any atom is -0.336 e. The van der Waals surface area contributed by atoms with Crippen LogP contribution in [-0.2, 0) is 13.0 Å². The van der Waals surface area contributed by atoms with Crippen molar-refractivity contribution < 1.29 is 4.79 Å². The first-order chi connectivity index (χ1) is 11.3. The summed E-state index contributed by atoms with van der Waals surface area (Å²) >= 11 is 0. The lowest BCUT2D eigenvalue weighted by Crippen LogP contribution is -2.48. The van der Waals surface area contributed by atoms with E-state index in [1.165, 1.54) is 11.1 Å². The summed E-state index contributed by atoms with van der Waals surface area (Å²) in [6.07, 6.45) is 4.71. The van der Waals surface area contributed by atoms with Crippen molar-refractivity contribution in [3.63, 3.8) is 0 Å². The van der Waals surface area contributed by atoms with Crippen LogP contribution in [0.4, 0.5) is 0 Å². The zero-order valence-corrected chi connectivity index (χ0v) is 13.6. The van der Waals surface area contributed by atoms with Crippen molar-refractivity contribution in [1.29, 1.82) is 0 Å². The number of hydrogen-bond donors (Lipinski definition) is 0. The lowest BCUT2D eigenvalue weighted by molar-refractivity contribution is 0.0628. The maximum Gasteiger partial charge on any atom is 0.253 e. The normalized spacial score (nSPS) is 15.6. The summed E-state index contributed by atoms with van der Waals surface area (Å²) in [6, 6.07) is 12.1. The Hall–Kier alpha value is -2.20. The van der Waals surface area contributed by atoms with Gasteiger partial charge in [-0.3, -0.25) is 14.7 Å². The number of aromatic nitrogens is 1. The van der Waals surface area contributed by atoms with Crippen LogP contribution in [0, 0.1) is 0 Å². The monoisotopic (exact) mass is 309 g/mol. The van der Waals surface area contributed by atoms with E-state index in [1.807, 2.05) is 41.4 Å². The molecule has 0 atom stereocenters. The van der Waals surface area contributed by atoms with Crippen molar-refractivity contribution in [3.8, 4) is 0 Å². The maximum absolute atomic E-state index is 12.6. The summed E-state index contributed by atoms with van der Waals surface area (Å²) < 4.78 is 0. The van der Waals surface area contributed by atoms with E-state index in [4.69, 9.17) is 0 Å². The predicted octanol–water partition coefficient (Wildman–Crippen LogP) is 2.60. The van der Waals surface area contributed by atoms with Crippen LogP contribution in [0.15, 0.2) is 48.8 Å². The van der Waals surface area contributed by atoms with E-state index >= 15 is 0 Å². The Morgan fingerprint density at radius 1 is 1.04 bits per heavy atom. The number of rotatable bonds is 4. The Balaban J connectivity index is 1.54. The molecule has 120 valence electrons. The van der Waals surface area contributed by atoms with Crippen LogP contribution in [0.2, 0.25) is 0 Å². The van der Waals surface area contributed by atoms with Crippen LogP contribution in [0.25, 0.3) is 0 Å². The van der Waals surface area contributed by atoms with Crippen LogP contribution in [0.5, 0.6) is 0 Å². The maximum atomic E-state index is 12.6. The second kappa shape index (κ2) is 7.38. The van der Waals surface area contributed by atoms with E-state index in [-0.39, 0.29) is 5.91 Å². The molecule has 0 bridgehead atoms. The highest BCUT2D eigenvalue weighted by molar-refractivity contribution is 5.94. The summed E-state index contributed by atoms with van der Waals surface area (Å²) in [5, 5.41) is 0. The molecular weight excluding hydrogens is 286 g/mol.